The molecule has 5 rings (SSSR count). The Labute approximate surface area is 249 Å². The van der Waals surface area contributed by atoms with E-state index in [9.17, 15) is 4.79 Å². The number of ether oxygens (including phenoxy) is 1. The van der Waals surface area contributed by atoms with E-state index in [1.165, 1.54) is 22.3 Å². The van der Waals surface area contributed by atoms with Crippen LogP contribution >= 0.6 is 0 Å². The smallest absolute Gasteiger partial charge is 0.318 e. The van der Waals surface area contributed by atoms with Crippen molar-refractivity contribution in [3.8, 4) is 6.01 Å². The molecule has 3 aromatic rings. The fourth-order valence-electron chi connectivity index (χ4n) is 6.12. The van der Waals surface area contributed by atoms with Crippen LogP contribution in [-0.4, -0.2) is 53.6 Å². The van der Waals surface area contributed by atoms with Crippen molar-refractivity contribution >= 4 is 11.4 Å². The molecule has 1 fully saturated rings. The van der Waals surface area contributed by atoms with Gasteiger partial charge in [0.15, 0.2) is 0 Å². The van der Waals surface area contributed by atoms with E-state index in [2.05, 4.69) is 78.3 Å². The second kappa shape index (κ2) is 13.4. The summed E-state index contributed by atoms with van der Waals surface area (Å²) in [5, 5.41) is 3.65. The highest BCUT2D eigenvalue weighted by atomic mass is 16.5. The fourth-order valence-corrected chi connectivity index (χ4v) is 6.12. The molecule has 0 spiro atoms. The van der Waals surface area contributed by atoms with Gasteiger partial charge in [-0.05, 0) is 62.1 Å². The summed E-state index contributed by atoms with van der Waals surface area (Å²) in [5.41, 5.74) is 9.17. The zero-order valence-electron chi connectivity index (χ0n) is 25.7. The predicted octanol–water partition coefficient (Wildman–Crippen LogP) is 5.42. The zero-order chi connectivity index (χ0) is 29.6. The van der Waals surface area contributed by atoms with Gasteiger partial charge in [-0.2, -0.15) is 9.97 Å². The van der Waals surface area contributed by atoms with E-state index in [1.54, 1.807) is 13.2 Å². The summed E-state index contributed by atoms with van der Waals surface area (Å²) in [6.07, 6.45) is 7.09. The number of allylic oxidation sites excluding steroid dienone is 3. The van der Waals surface area contributed by atoms with Crippen LogP contribution in [0.25, 0.3) is 5.57 Å². The first-order chi connectivity index (χ1) is 20.4. The third-order valence-electron chi connectivity index (χ3n) is 8.48. The third kappa shape index (κ3) is 6.44. The Morgan fingerprint density at radius 2 is 1.95 bits per heavy atom. The van der Waals surface area contributed by atoms with Gasteiger partial charge in [0, 0.05) is 55.1 Å². The van der Waals surface area contributed by atoms with Crippen LogP contribution in [0.1, 0.15) is 74.2 Å². The lowest BCUT2D eigenvalue weighted by Gasteiger charge is -2.37. The van der Waals surface area contributed by atoms with Crippen molar-refractivity contribution in [3.05, 3.63) is 98.2 Å². The number of hydrogen-bond acceptors (Lipinski definition) is 7. The van der Waals surface area contributed by atoms with E-state index in [0.29, 0.717) is 12.6 Å². The molecule has 8 nitrogen and oxygen atoms in total. The van der Waals surface area contributed by atoms with Crippen molar-refractivity contribution in [3.63, 3.8) is 0 Å². The van der Waals surface area contributed by atoms with Crippen LogP contribution in [0, 0.1) is 0 Å². The fraction of sp³-hybridized carbons (Fsp3) is 0.441. The van der Waals surface area contributed by atoms with Gasteiger partial charge in [0.1, 0.15) is 5.82 Å². The van der Waals surface area contributed by atoms with Gasteiger partial charge in [-0.3, -0.25) is 9.69 Å². The maximum absolute atomic E-state index is 12.1. The number of aryl methyl sites for hydroxylation is 1. The number of H-pyrrole nitrogens is 1. The minimum atomic E-state index is -0.0952. The first-order valence-corrected chi connectivity index (χ1v) is 15.2. The summed E-state index contributed by atoms with van der Waals surface area (Å²) in [6, 6.07) is 14.8. The van der Waals surface area contributed by atoms with Gasteiger partial charge in [0.2, 0.25) is 5.56 Å². The van der Waals surface area contributed by atoms with Crippen LogP contribution in [-0.2, 0) is 19.4 Å². The van der Waals surface area contributed by atoms with E-state index < -0.39 is 0 Å². The Bertz CT molecular complexity index is 1520. The molecule has 1 saturated heterocycles. The Balaban J connectivity index is 1.51. The monoisotopic (exact) mass is 568 g/mol. The number of nitrogens with one attached hydrogen (secondary N) is 2. The van der Waals surface area contributed by atoms with E-state index in [0.717, 1.165) is 80.2 Å². The molecule has 2 N–H and O–H groups in total. The molecule has 42 heavy (non-hydrogen) atoms. The molecular formula is C34H44N6O2. The zero-order valence-corrected chi connectivity index (χ0v) is 25.7. The number of hydrogen-bond donors (Lipinski definition) is 2. The Morgan fingerprint density at radius 3 is 2.71 bits per heavy atom. The van der Waals surface area contributed by atoms with Crippen LogP contribution in [0.4, 0.5) is 5.82 Å². The lowest BCUT2D eigenvalue weighted by Crippen LogP contribution is -2.36. The molecular weight excluding hydrogens is 524 g/mol. The molecule has 1 aromatic carbocycles. The number of aromatic nitrogens is 3. The average molecular weight is 569 g/mol. The SMILES string of the molecule is CCCc1ccccc1C1Cc2nc(OC)nc(N3CCCN/C(=C\C(=C(/C)CC)c4cccc(=O)[nH]4)C3)c2CN1C. The van der Waals surface area contributed by atoms with Gasteiger partial charge in [-0.25, -0.2) is 0 Å². The highest BCUT2D eigenvalue weighted by Gasteiger charge is 2.32. The highest BCUT2D eigenvalue weighted by Crippen LogP contribution is 2.38. The summed E-state index contributed by atoms with van der Waals surface area (Å²) in [5.74, 6) is 0.949. The second-order valence-corrected chi connectivity index (χ2v) is 11.4. The van der Waals surface area contributed by atoms with Gasteiger partial charge >= 0.3 is 6.01 Å². The molecule has 2 aromatic heterocycles. The maximum atomic E-state index is 12.1. The van der Waals surface area contributed by atoms with E-state index in [1.807, 2.05) is 12.1 Å². The van der Waals surface area contributed by atoms with Crippen LogP contribution < -0.4 is 20.5 Å². The van der Waals surface area contributed by atoms with E-state index in [4.69, 9.17) is 14.7 Å². The van der Waals surface area contributed by atoms with Crippen LogP contribution in [0.15, 0.2) is 64.6 Å². The summed E-state index contributed by atoms with van der Waals surface area (Å²) >= 11 is 0. The lowest BCUT2D eigenvalue weighted by molar-refractivity contribution is 0.212. The molecule has 2 aliphatic rings. The van der Waals surface area contributed by atoms with E-state index >= 15 is 0 Å². The molecule has 2 aliphatic heterocycles. The molecule has 0 aliphatic carbocycles. The summed E-state index contributed by atoms with van der Waals surface area (Å²) in [6.45, 7) is 9.70. The first kappa shape index (κ1) is 29.6. The summed E-state index contributed by atoms with van der Waals surface area (Å²) in [7, 11) is 3.86. The molecule has 4 heterocycles. The predicted molar refractivity (Wildman–Crippen MR) is 170 cm³/mol. The van der Waals surface area contributed by atoms with Crippen LogP contribution in [0.5, 0.6) is 6.01 Å². The Morgan fingerprint density at radius 1 is 1.12 bits per heavy atom. The number of benzene rings is 1. The third-order valence-corrected chi connectivity index (χ3v) is 8.48. The van der Waals surface area contributed by atoms with Crippen LogP contribution in [0.2, 0.25) is 0 Å². The lowest BCUT2D eigenvalue weighted by atomic mass is 9.89. The van der Waals surface area contributed by atoms with Crippen molar-refractivity contribution in [2.75, 3.05) is 38.7 Å². The maximum Gasteiger partial charge on any atom is 0.318 e. The number of likely N-dealkylation sites (N-methyl/N-ethyl adjacent to an activating group) is 1. The van der Waals surface area contributed by atoms with Gasteiger partial charge in [0.05, 0.1) is 19.3 Å². The topological polar surface area (TPSA) is 86.4 Å². The number of aromatic amines is 1. The largest absolute Gasteiger partial charge is 0.467 e. The minimum absolute atomic E-state index is 0.0952. The number of pyridine rings is 1. The quantitative estimate of drug-likeness (QED) is 0.375. The normalized spacial score (nSPS) is 19.1. The number of methoxy groups -OCH3 is 1. The molecule has 222 valence electrons. The second-order valence-electron chi connectivity index (χ2n) is 11.4. The van der Waals surface area contributed by atoms with Crippen molar-refractivity contribution in [2.24, 2.45) is 0 Å². The summed E-state index contributed by atoms with van der Waals surface area (Å²) in [4.78, 5) is 29.8. The Kier molecular flexibility index (Phi) is 9.42. The molecule has 1 atom stereocenters. The van der Waals surface area contributed by atoms with E-state index in [-0.39, 0.29) is 11.6 Å². The standard InChI is InChI=1S/C34H44N6O2/c1-6-12-24-13-8-9-14-26(24)31-20-30-28(22-39(31)4)33(38-34(37-30)42-5)40-18-11-17-35-25(21-40)19-27(23(3)7-2)29-15-10-16-32(41)36-29/h8-10,13-16,19,31,35H,6-7,11-12,17-18,20-22H2,1-5H3,(H,36,41)/b25-19-,27-23-. The molecule has 0 amide bonds. The van der Waals surface area contributed by atoms with Crippen molar-refractivity contribution in [1.82, 2.24) is 25.2 Å². The van der Waals surface area contributed by atoms with Gasteiger partial charge in [-0.1, -0.05) is 56.2 Å². The average Bonchev–Trinajstić information content (AvgIpc) is 3.25. The van der Waals surface area contributed by atoms with Crippen molar-refractivity contribution < 1.29 is 4.74 Å². The molecule has 0 saturated carbocycles. The highest BCUT2D eigenvalue weighted by molar-refractivity contribution is 5.75. The molecule has 1 unspecified atom stereocenters. The molecule has 0 bridgehead atoms. The summed E-state index contributed by atoms with van der Waals surface area (Å²) < 4.78 is 5.65. The number of rotatable bonds is 8. The molecule has 0 radical (unpaired) electrons. The molecule has 8 heteroatoms. The minimum Gasteiger partial charge on any atom is -0.467 e. The van der Waals surface area contributed by atoms with Crippen molar-refractivity contribution in [1.29, 1.82) is 0 Å². The number of nitrogens with zero attached hydrogens (tertiary/aromatic N) is 4. The van der Waals surface area contributed by atoms with Gasteiger partial charge in [0.25, 0.3) is 0 Å². The Hall–Kier alpha value is -3.91. The van der Waals surface area contributed by atoms with Gasteiger partial charge < -0.3 is 19.9 Å². The van der Waals surface area contributed by atoms with Gasteiger partial charge in [-0.15, -0.1) is 0 Å². The first-order valence-electron chi connectivity index (χ1n) is 15.2. The number of fused-ring (bicyclic) bond motifs is 1. The van der Waals surface area contributed by atoms with Crippen LogP contribution in [0.3, 0.4) is 0 Å². The van der Waals surface area contributed by atoms with Crippen molar-refractivity contribution in [2.45, 2.75) is 65.5 Å². The number of anilines is 1.